The molecule has 108 valence electrons. The normalized spacial score (nSPS) is 22.0. The molecule has 0 aliphatic carbocycles. The standard InChI is InChI=1S/C17H24N2S/c1-3-19-9-4-5-15(12-19)13(2)18-16-6-7-17-14(11-16)8-10-20-17/h6-8,10-11,13,15,18H,3-5,9,12H2,1-2H3. The summed E-state index contributed by atoms with van der Waals surface area (Å²) in [4.78, 5) is 2.58. The van der Waals surface area contributed by atoms with Crippen LogP contribution in [0.1, 0.15) is 26.7 Å². The Morgan fingerprint density at radius 3 is 3.15 bits per heavy atom. The van der Waals surface area contributed by atoms with Crippen molar-refractivity contribution in [3.05, 3.63) is 29.6 Å². The summed E-state index contributed by atoms with van der Waals surface area (Å²) in [5, 5.41) is 7.23. The smallest absolute Gasteiger partial charge is 0.0349 e. The van der Waals surface area contributed by atoms with Gasteiger partial charge in [0.05, 0.1) is 0 Å². The predicted molar refractivity (Wildman–Crippen MR) is 89.7 cm³/mol. The first-order chi connectivity index (χ1) is 9.76. The third-order valence-corrected chi connectivity index (χ3v) is 5.44. The van der Waals surface area contributed by atoms with Gasteiger partial charge < -0.3 is 10.2 Å². The molecule has 3 rings (SSSR count). The molecule has 0 spiro atoms. The second-order valence-corrected chi connectivity index (χ2v) is 6.85. The van der Waals surface area contributed by atoms with Gasteiger partial charge in [-0.3, -0.25) is 0 Å². The zero-order chi connectivity index (χ0) is 13.9. The summed E-state index contributed by atoms with van der Waals surface area (Å²) in [6, 6.07) is 9.47. The fourth-order valence-corrected chi connectivity index (χ4v) is 3.99. The fourth-order valence-electron chi connectivity index (χ4n) is 3.22. The van der Waals surface area contributed by atoms with Crippen LogP contribution in [-0.4, -0.2) is 30.6 Å². The van der Waals surface area contributed by atoms with Crippen LogP contribution >= 0.6 is 11.3 Å². The van der Waals surface area contributed by atoms with Crippen LogP contribution in [0.5, 0.6) is 0 Å². The average molecular weight is 288 g/mol. The molecule has 1 aliphatic heterocycles. The molecule has 3 heteroatoms. The van der Waals surface area contributed by atoms with Gasteiger partial charge in [0.25, 0.3) is 0 Å². The molecular formula is C17H24N2S. The molecule has 2 nitrogen and oxygen atoms in total. The number of anilines is 1. The molecule has 2 atom stereocenters. The Kier molecular flexibility index (Phi) is 4.27. The molecule has 2 heterocycles. The Morgan fingerprint density at radius 1 is 1.40 bits per heavy atom. The number of piperidine rings is 1. The van der Waals surface area contributed by atoms with Crippen molar-refractivity contribution in [1.82, 2.24) is 4.90 Å². The van der Waals surface area contributed by atoms with E-state index in [1.807, 2.05) is 11.3 Å². The van der Waals surface area contributed by atoms with E-state index in [4.69, 9.17) is 0 Å². The number of hydrogen-bond acceptors (Lipinski definition) is 3. The van der Waals surface area contributed by atoms with Gasteiger partial charge >= 0.3 is 0 Å². The lowest BCUT2D eigenvalue weighted by Gasteiger charge is -2.35. The van der Waals surface area contributed by atoms with Gasteiger partial charge in [0, 0.05) is 23.0 Å². The van der Waals surface area contributed by atoms with E-state index in [0.29, 0.717) is 6.04 Å². The minimum Gasteiger partial charge on any atom is -0.382 e. The number of nitrogens with one attached hydrogen (secondary N) is 1. The van der Waals surface area contributed by atoms with Gasteiger partial charge in [-0.05, 0) is 73.8 Å². The molecule has 20 heavy (non-hydrogen) atoms. The maximum atomic E-state index is 3.72. The van der Waals surface area contributed by atoms with Crippen LogP contribution < -0.4 is 5.32 Å². The molecule has 0 amide bonds. The fraction of sp³-hybridized carbons (Fsp3) is 0.529. The molecular weight excluding hydrogens is 264 g/mol. The number of fused-ring (bicyclic) bond motifs is 1. The lowest BCUT2D eigenvalue weighted by atomic mass is 9.91. The molecule has 2 unspecified atom stereocenters. The molecule has 0 saturated carbocycles. The van der Waals surface area contributed by atoms with E-state index in [1.165, 1.54) is 48.2 Å². The lowest BCUT2D eigenvalue weighted by molar-refractivity contribution is 0.172. The monoisotopic (exact) mass is 288 g/mol. The molecule has 0 bridgehead atoms. The van der Waals surface area contributed by atoms with Crippen molar-refractivity contribution in [3.63, 3.8) is 0 Å². The van der Waals surface area contributed by atoms with Gasteiger partial charge in [0.2, 0.25) is 0 Å². The summed E-state index contributed by atoms with van der Waals surface area (Å²) < 4.78 is 1.37. The molecule has 1 saturated heterocycles. The highest BCUT2D eigenvalue weighted by atomic mass is 32.1. The minimum absolute atomic E-state index is 0.542. The number of benzene rings is 1. The van der Waals surface area contributed by atoms with Gasteiger partial charge in [-0.15, -0.1) is 11.3 Å². The lowest BCUT2D eigenvalue weighted by Crippen LogP contribution is -2.41. The summed E-state index contributed by atoms with van der Waals surface area (Å²) in [6.07, 6.45) is 2.69. The van der Waals surface area contributed by atoms with E-state index in [2.05, 4.69) is 53.7 Å². The average Bonchev–Trinajstić information content (AvgIpc) is 2.95. The second kappa shape index (κ2) is 6.15. The third kappa shape index (κ3) is 2.99. The first kappa shape index (κ1) is 13.9. The summed E-state index contributed by atoms with van der Waals surface area (Å²) in [6.45, 7) is 8.31. The predicted octanol–water partition coefficient (Wildman–Crippen LogP) is 4.43. The maximum absolute atomic E-state index is 3.72. The SMILES string of the molecule is CCN1CCCC(C(C)Nc2ccc3sccc3c2)C1. The second-order valence-electron chi connectivity index (χ2n) is 5.90. The summed E-state index contributed by atoms with van der Waals surface area (Å²) >= 11 is 1.81. The third-order valence-electron chi connectivity index (χ3n) is 4.54. The van der Waals surface area contributed by atoms with E-state index >= 15 is 0 Å². The Labute approximate surface area is 125 Å². The van der Waals surface area contributed by atoms with Crippen LogP contribution in [0.2, 0.25) is 0 Å². The Morgan fingerprint density at radius 2 is 2.30 bits per heavy atom. The van der Waals surface area contributed by atoms with Crippen molar-refractivity contribution in [2.45, 2.75) is 32.7 Å². The van der Waals surface area contributed by atoms with Gasteiger partial charge in [-0.25, -0.2) is 0 Å². The summed E-state index contributed by atoms with van der Waals surface area (Å²) in [5.74, 6) is 0.766. The van der Waals surface area contributed by atoms with E-state index in [0.717, 1.165) is 5.92 Å². The Balaban J connectivity index is 1.66. The van der Waals surface area contributed by atoms with Crippen LogP contribution in [-0.2, 0) is 0 Å². The van der Waals surface area contributed by atoms with Crippen LogP contribution in [0.15, 0.2) is 29.6 Å². The van der Waals surface area contributed by atoms with Crippen LogP contribution in [0.4, 0.5) is 5.69 Å². The van der Waals surface area contributed by atoms with Crippen LogP contribution in [0.25, 0.3) is 10.1 Å². The summed E-state index contributed by atoms with van der Waals surface area (Å²) in [7, 11) is 0. The zero-order valence-corrected chi connectivity index (χ0v) is 13.2. The first-order valence-corrected chi connectivity index (χ1v) is 8.60. The van der Waals surface area contributed by atoms with E-state index < -0.39 is 0 Å². The van der Waals surface area contributed by atoms with Gasteiger partial charge in [-0.2, -0.15) is 0 Å². The number of rotatable bonds is 4. The van der Waals surface area contributed by atoms with Gasteiger partial charge in [0.1, 0.15) is 0 Å². The Hall–Kier alpha value is -1.06. The van der Waals surface area contributed by atoms with E-state index in [-0.39, 0.29) is 0 Å². The zero-order valence-electron chi connectivity index (χ0n) is 12.4. The highest BCUT2D eigenvalue weighted by Gasteiger charge is 2.23. The van der Waals surface area contributed by atoms with Crippen LogP contribution in [0.3, 0.4) is 0 Å². The highest BCUT2D eigenvalue weighted by Crippen LogP contribution is 2.26. The molecule has 2 aromatic rings. The van der Waals surface area contributed by atoms with Crippen molar-refractivity contribution in [2.24, 2.45) is 5.92 Å². The molecule has 1 fully saturated rings. The molecule has 1 aromatic carbocycles. The maximum Gasteiger partial charge on any atom is 0.0349 e. The Bertz CT molecular complexity index is 563. The van der Waals surface area contributed by atoms with E-state index in [9.17, 15) is 0 Å². The first-order valence-electron chi connectivity index (χ1n) is 7.72. The van der Waals surface area contributed by atoms with E-state index in [1.54, 1.807) is 0 Å². The van der Waals surface area contributed by atoms with Gasteiger partial charge in [-0.1, -0.05) is 6.92 Å². The van der Waals surface area contributed by atoms with Crippen molar-refractivity contribution in [2.75, 3.05) is 25.0 Å². The van der Waals surface area contributed by atoms with Crippen molar-refractivity contribution >= 4 is 27.1 Å². The number of thiophene rings is 1. The molecule has 1 aliphatic rings. The molecule has 1 aromatic heterocycles. The highest BCUT2D eigenvalue weighted by molar-refractivity contribution is 7.17. The largest absolute Gasteiger partial charge is 0.382 e. The van der Waals surface area contributed by atoms with Crippen molar-refractivity contribution in [1.29, 1.82) is 0 Å². The quantitative estimate of drug-likeness (QED) is 0.895. The van der Waals surface area contributed by atoms with Crippen molar-refractivity contribution in [3.8, 4) is 0 Å². The van der Waals surface area contributed by atoms with Crippen molar-refractivity contribution < 1.29 is 0 Å². The van der Waals surface area contributed by atoms with Gasteiger partial charge in [0.15, 0.2) is 0 Å². The molecule has 1 N–H and O–H groups in total. The minimum atomic E-state index is 0.542. The molecule has 0 radical (unpaired) electrons. The number of hydrogen-bond donors (Lipinski definition) is 1. The topological polar surface area (TPSA) is 15.3 Å². The number of likely N-dealkylation sites (tertiary alicyclic amines) is 1. The van der Waals surface area contributed by atoms with Crippen LogP contribution in [0, 0.1) is 5.92 Å². The summed E-state index contributed by atoms with van der Waals surface area (Å²) in [5.41, 5.74) is 1.26. The number of nitrogens with zero attached hydrogens (tertiary/aromatic N) is 1.